The van der Waals surface area contributed by atoms with Crippen LogP contribution in [0.4, 0.5) is 10.1 Å². The summed E-state index contributed by atoms with van der Waals surface area (Å²) in [5, 5.41) is 21.0. The second kappa shape index (κ2) is 7.12. The van der Waals surface area contributed by atoms with Crippen molar-refractivity contribution in [2.24, 2.45) is 0 Å². The SMILES string of the molecule is O=C(Nc1ccc(F)cc1)c1nnc(CN2CCC[C@@H]2CO)s1. The fourth-order valence-electron chi connectivity index (χ4n) is 2.61. The number of aliphatic hydroxyl groups excluding tert-OH is 1. The van der Waals surface area contributed by atoms with Gasteiger partial charge in [0, 0.05) is 11.7 Å². The molecule has 0 saturated carbocycles. The van der Waals surface area contributed by atoms with Gasteiger partial charge in [-0.2, -0.15) is 0 Å². The predicted octanol–water partition coefficient (Wildman–Crippen LogP) is 1.89. The Morgan fingerprint density at radius 1 is 1.39 bits per heavy atom. The number of likely N-dealkylation sites (tertiary alicyclic amines) is 1. The van der Waals surface area contributed by atoms with Gasteiger partial charge in [0.2, 0.25) is 5.01 Å². The Hall–Kier alpha value is -1.90. The number of rotatable bonds is 5. The number of anilines is 1. The zero-order valence-electron chi connectivity index (χ0n) is 12.4. The standard InChI is InChI=1S/C15H17FN4O2S/c16-10-3-5-11(6-4-10)17-14(22)15-19-18-13(23-15)8-20-7-1-2-12(20)9-21/h3-6,12,21H,1-2,7-9H2,(H,17,22)/t12-/m1/s1. The maximum atomic E-state index is 12.8. The predicted molar refractivity (Wildman–Crippen MR) is 84.8 cm³/mol. The molecule has 1 amide bonds. The highest BCUT2D eigenvalue weighted by Crippen LogP contribution is 2.21. The Balaban J connectivity index is 1.62. The summed E-state index contributed by atoms with van der Waals surface area (Å²) in [7, 11) is 0. The first-order chi connectivity index (χ1) is 11.2. The monoisotopic (exact) mass is 336 g/mol. The summed E-state index contributed by atoms with van der Waals surface area (Å²) in [6.45, 7) is 1.64. The van der Waals surface area contributed by atoms with Crippen LogP contribution in [-0.2, 0) is 6.54 Å². The van der Waals surface area contributed by atoms with Crippen molar-refractivity contribution in [1.82, 2.24) is 15.1 Å². The van der Waals surface area contributed by atoms with Crippen molar-refractivity contribution in [3.8, 4) is 0 Å². The van der Waals surface area contributed by atoms with Crippen molar-refractivity contribution >= 4 is 22.9 Å². The average molecular weight is 336 g/mol. The van der Waals surface area contributed by atoms with Gasteiger partial charge in [-0.25, -0.2) is 4.39 Å². The van der Waals surface area contributed by atoms with Crippen LogP contribution in [0.1, 0.15) is 27.7 Å². The lowest BCUT2D eigenvalue weighted by molar-refractivity contribution is 0.102. The number of carbonyl (C=O) groups excluding carboxylic acids is 1. The maximum absolute atomic E-state index is 12.8. The molecule has 0 radical (unpaired) electrons. The zero-order valence-corrected chi connectivity index (χ0v) is 13.2. The van der Waals surface area contributed by atoms with E-state index in [1.54, 1.807) is 0 Å². The molecule has 1 aromatic carbocycles. The van der Waals surface area contributed by atoms with Crippen LogP contribution in [0.15, 0.2) is 24.3 Å². The van der Waals surface area contributed by atoms with Crippen molar-refractivity contribution in [1.29, 1.82) is 0 Å². The molecule has 1 aliphatic heterocycles. The third kappa shape index (κ3) is 3.90. The molecule has 0 spiro atoms. The van der Waals surface area contributed by atoms with Gasteiger partial charge < -0.3 is 10.4 Å². The highest BCUT2D eigenvalue weighted by Gasteiger charge is 2.25. The van der Waals surface area contributed by atoms with E-state index in [0.29, 0.717) is 12.2 Å². The fourth-order valence-corrected chi connectivity index (χ4v) is 3.37. The molecule has 8 heteroatoms. The molecule has 2 heterocycles. The largest absolute Gasteiger partial charge is 0.395 e. The molecule has 0 bridgehead atoms. The fraction of sp³-hybridized carbons (Fsp3) is 0.400. The molecule has 1 fully saturated rings. The molecule has 122 valence electrons. The Bertz CT molecular complexity index is 676. The van der Waals surface area contributed by atoms with E-state index >= 15 is 0 Å². The second-order valence-electron chi connectivity index (χ2n) is 5.41. The lowest BCUT2D eigenvalue weighted by atomic mass is 10.2. The van der Waals surface area contributed by atoms with E-state index in [1.807, 2.05) is 0 Å². The molecule has 1 atom stereocenters. The summed E-state index contributed by atoms with van der Waals surface area (Å²) in [5.41, 5.74) is 0.507. The maximum Gasteiger partial charge on any atom is 0.286 e. The van der Waals surface area contributed by atoms with Gasteiger partial charge in [-0.3, -0.25) is 9.69 Å². The molecule has 2 aromatic rings. The summed E-state index contributed by atoms with van der Waals surface area (Å²) in [6.07, 6.45) is 2.04. The molecule has 3 rings (SSSR count). The first-order valence-electron chi connectivity index (χ1n) is 7.40. The lowest BCUT2D eigenvalue weighted by Crippen LogP contribution is -2.31. The minimum atomic E-state index is -0.361. The summed E-state index contributed by atoms with van der Waals surface area (Å²) in [4.78, 5) is 14.3. The van der Waals surface area contributed by atoms with Gasteiger partial charge in [-0.15, -0.1) is 10.2 Å². The van der Waals surface area contributed by atoms with Crippen molar-refractivity contribution in [2.75, 3.05) is 18.5 Å². The molecule has 1 saturated heterocycles. The number of aromatic nitrogens is 2. The Morgan fingerprint density at radius 2 is 2.17 bits per heavy atom. The number of benzene rings is 1. The third-order valence-corrected chi connectivity index (χ3v) is 4.72. The van der Waals surface area contributed by atoms with Crippen molar-refractivity contribution in [2.45, 2.75) is 25.4 Å². The summed E-state index contributed by atoms with van der Waals surface area (Å²) < 4.78 is 12.8. The van der Waals surface area contributed by atoms with E-state index in [-0.39, 0.29) is 29.4 Å². The van der Waals surface area contributed by atoms with E-state index in [0.717, 1.165) is 24.4 Å². The molecule has 23 heavy (non-hydrogen) atoms. The molecule has 1 aromatic heterocycles. The van der Waals surface area contributed by atoms with E-state index in [1.165, 1.54) is 35.6 Å². The first-order valence-corrected chi connectivity index (χ1v) is 8.21. The van der Waals surface area contributed by atoms with Crippen molar-refractivity contribution < 1.29 is 14.3 Å². The van der Waals surface area contributed by atoms with Crippen LogP contribution in [-0.4, -0.2) is 45.3 Å². The molecule has 0 aliphatic carbocycles. The Morgan fingerprint density at radius 3 is 2.91 bits per heavy atom. The highest BCUT2D eigenvalue weighted by molar-refractivity contribution is 7.13. The average Bonchev–Trinajstić information content (AvgIpc) is 3.19. The van der Waals surface area contributed by atoms with E-state index < -0.39 is 0 Å². The molecule has 2 N–H and O–H groups in total. The van der Waals surface area contributed by atoms with Gasteiger partial charge >= 0.3 is 0 Å². The third-order valence-electron chi connectivity index (χ3n) is 3.81. The number of aliphatic hydroxyl groups is 1. The smallest absolute Gasteiger partial charge is 0.286 e. The van der Waals surface area contributed by atoms with Gasteiger partial charge in [0.1, 0.15) is 10.8 Å². The van der Waals surface area contributed by atoms with Crippen LogP contribution in [0.3, 0.4) is 0 Å². The zero-order chi connectivity index (χ0) is 16.2. The van der Waals surface area contributed by atoms with Gasteiger partial charge in [0.25, 0.3) is 5.91 Å². The quantitative estimate of drug-likeness (QED) is 0.872. The Kier molecular flexibility index (Phi) is 4.94. The number of nitrogens with zero attached hydrogens (tertiary/aromatic N) is 3. The second-order valence-corrected chi connectivity index (χ2v) is 6.47. The summed E-state index contributed by atoms with van der Waals surface area (Å²) in [6, 6.07) is 5.71. The number of halogens is 1. The molecule has 6 nitrogen and oxygen atoms in total. The Labute approximate surface area is 137 Å². The molecule has 1 aliphatic rings. The first kappa shape index (κ1) is 16.0. The van der Waals surface area contributed by atoms with Crippen LogP contribution in [0.2, 0.25) is 0 Å². The van der Waals surface area contributed by atoms with Crippen molar-refractivity contribution in [3.63, 3.8) is 0 Å². The lowest BCUT2D eigenvalue weighted by Gasteiger charge is -2.20. The molecular formula is C15H17FN4O2S. The highest BCUT2D eigenvalue weighted by atomic mass is 32.1. The van der Waals surface area contributed by atoms with Gasteiger partial charge in [-0.1, -0.05) is 11.3 Å². The van der Waals surface area contributed by atoms with Crippen molar-refractivity contribution in [3.05, 3.63) is 40.1 Å². The van der Waals surface area contributed by atoms with Gasteiger partial charge in [0.05, 0.1) is 13.2 Å². The number of hydrogen-bond donors (Lipinski definition) is 2. The van der Waals surface area contributed by atoms with Crippen LogP contribution >= 0.6 is 11.3 Å². The van der Waals surface area contributed by atoms with Crippen LogP contribution in [0, 0.1) is 5.82 Å². The molecule has 0 unspecified atom stereocenters. The normalized spacial score (nSPS) is 18.3. The van der Waals surface area contributed by atoms with Gasteiger partial charge in [0.15, 0.2) is 0 Å². The van der Waals surface area contributed by atoms with Crippen LogP contribution < -0.4 is 5.32 Å². The minimum Gasteiger partial charge on any atom is -0.395 e. The number of nitrogens with one attached hydrogen (secondary N) is 1. The van der Waals surface area contributed by atoms with Crippen LogP contribution in [0.5, 0.6) is 0 Å². The van der Waals surface area contributed by atoms with E-state index in [9.17, 15) is 14.3 Å². The summed E-state index contributed by atoms with van der Waals surface area (Å²) >= 11 is 1.23. The van der Waals surface area contributed by atoms with E-state index in [4.69, 9.17) is 0 Å². The summed E-state index contributed by atoms with van der Waals surface area (Å²) in [5.74, 6) is -0.717. The number of hydrogen-bond acceptors (Lipinski definition) is 6. The van der Waals surface area contributed by atoms with E-state index in [2.05, 4.69) is 20.4 Å². The number of carbonyl (C=O) groups is 1. The topological polar surface area (TPSA) is 78.4 Å². The van der Waals surface area contributed by atoms with Gasteiger partial charge in [-0.05, 0) is 43.7 Å². The molecular weight excluding hydrogens is 319 g/mol. The van der Waals surface area contributed by atoms with Crippen LogP contribution in [0.25, 0.3) is 0 Å². The number of amides is 1. The minimum absolute atomic E-state index is 0.136.